The van der Waals surface area contributed by atoms with Crippen molar-refractivity contribution in [1.82, 2.24) is 15.4 Å². The SMILES string of the molecule is C[C@@]1(c2cnc(-c3ccccc3)s2)C=C(Oc2ccc(S(C)(=O)=O)nc2)NO1. The molecule has 1 N–H and O–H groups in total. The van der Waals surface area contributed by atoms with Gasteiger partial charge in [0.15, 0.2) is 20.5 Å². The predicted octanol–water partition coefficient (Wildman–Crippen LogP) is 3.28. The van der Waals surface area contributed by atoms with Crippen LogP contribution in [0.1, 0.15) is 11.8 Å². The number of thiazole rings is 1. The van der Waals surface area contributed by atoms with Crippen molar-refractivity contribution in [3.8, 4) is 16.3 Å². The maximum atomic E-state index is 11.5. The van der Waals surface area contributed by atoms with Gasteiger partial charge in [-0.2, -0.15) is 0 Å². The lowest BCUT2D eigenvalue weighted by atomic mass is 10.1. The third-order valence-electron chi connectivity index (χ3n) is 4.10. The molecule has 1 atom stereocenters. The van der Waals surface area contributed by atoms with Gasteiger partial charge in [0.25, 0.3) is 0 Å². The highest BCUT2D eigenvalue weighted by atomic mass is 32.2. The van der Waals surface area contributed by atoms with Crippen molar-refractivity contribution in [2.24, 2.45) is 0 Å². The normalized spacial score (nSPS) is 19.1. The number of aromatic nitrogens is 2. The molecule has 7 nitrogen and oxygen atoms in total. The highest BCUT2D eigenvalue weighted by molar-refractivity contribution is 7.90. The van der Waals surface area contributed by atoms with E-state index in [-0.39, 0.29) is 5.03 Å². The van der Waals surface area contributed by atoms with Crippen molar-refractivity contribution in [3.63, 3.8) is 0 Å². The van der Waals surface area contributed by atoms with Crippen LogP contribution in [0.5, 0.6) is 5.75 Å². The Morgan fingerprint density at radius 3 is 2.57 bits per heavy atom. The molecule has 1 aliphatic heterocycles. The number of nitrogens with zero attached hydrogens (tertiary/aromatic N) is 2. The van der Waals surface area contributed by atoms with Crippen molar-refractivity contribution in [3.05, 3.63) is 71.7 Å². The van der Waals surface area contributed by atoms with E-state index in [2.05, 4.69) is 15.4 Å². The minimum atomic E-state index is -3.35. The van der Waals surface area contributed by atoms with Crippen LogP contribution < -0.4 is 10.2 Å². The first kappa shape index (κ1) is 18.6. The summed E-state index contributed by atoms with van der Waals surface area (Å²) in [5, 5.41) is 0.899. The summed E-state index contributed by atoms with van der Waals surface area (Å²) in [6, 6.07) is 12.9. The van der Waals surface area contributed by atoms with E-state index in [0.717, 1.165) is 21.7 Å². The minimum Gasteiger partial charge on any atom is -0.438 e. The van der Waals surface area contributed by atoms with Gasteiger partial charge >= 0.3 is 0 Å². The first-order valence-electron chi connectivity index (χ1n) is 8.36. The lowest BCUT2D eigenvalue weighted by Gasteiger charge is -2.16. The summed E-state index contributed by atoms with van der Waals surface area (Å²) in [6.07, 6.45) is 6.06. The van der Waals surface area contributed by atoms with Crippen molar-refractivity contribution in [1.29, 1.82) is 0 Å². The zero-order valence-electron chi connectivity index (χ0n) is 15.1. The Morgan fingerprint density at radius 1 is 1.11 bits per heavy atom. The molecule has 4 rings (SSSR count). The number of rotatable bonds is 5. The van der Waals surface area contributed by atoms with Crippen LogP contribution in [0.2, 0.25) is 0 Å². The molecule has 3 heterocycles. The standard InChI is InChI=1S/C19H17N3O4S2/c1-19(15-12-21-18(27-15)13-6-4-3-5-7-13)10-16(22-26-19)25-14-8-9-17(20-11-14)28(2,23)24/h3-12,22H,1-2H3/t19-/m0/s1. The molecule has 0 aliphatic carbocycles. The van der Waals surface area contributed by atoms with Gasteiger partial charge in [-0.3, -0.25) is 4.84 Å². The van der Waals surface area contributed by atoms with Crippen LogP contribution >= 0.6 is 11.3 Å². The molecule has 144 valence electrons. The summed E-state index contributed by atoms with van der Waals surface area (Å²) in [5.74, 6) is 0.791. The average molecular weight is 415 g/mol. The number of sulfone groups is 1. The molecule has 0 saturated heterocycles. The molecular formula is C19H17N3O4S2. The third kappa shape index (κ3) is 3.77. The molecular weight excluding hydrogens is 398 g/mol. The van der Waals surface area contributed by atoms with E-state index in [1.54, 1.807) is 18.3 Å². The number of ether oxygens (including phenoxy) is 1. The number of nitrogens with one attached hydrogen (secondary N) is 1. The average Bonchev–Trinajstić information content (AvgIpc) is 3.31. The van der Waals surface area contributed by atoms with Gasteiger partial charge in [-0.25, -0.2) is 23.9 Å². The summed E-state index contributed by atoms with van der Waals surface area (Å²) < 4.78 is 28.7. The first-order chi connectivity index (χ1) is 13.3. The minimum absolute atomic E-state index is 0.00704. The van der Waals surface area contributed by atoms with Gasteiger partial charge in [0.2, 0.25) is 5.88 Å². The number of hydrogen-bond acceptors (Lipinski definition) is 8. The second-order valence-corrected chi connectivity index (χ2v) is 9.42. The van der Waals surface area contributed by atoms with E-state index in [9.17, 15) is 8.42 Å². The quantitative estimate of drug-likeness (QED) is 0.684. The van der Waals surface area contributed by atoms with Gasteiger partial charge in [-0.05, 0) is 19.1 Å². The van der Waals surface area contributed by atoms with Crippen LogP contribution in [0, 0.1) is 0 Å². The van der Waals surface area contributed by atoms with E-state index >= 15 is 0 Å². The van der Waals surface area contributed by atoms with Gasteiger partial charge < -0.3 is 4.74 Å². The zero-order valence-corrected chi connectivity index (χ0v) is 16.8. The molecule has 0 amide bonds. The summed E-state index contributed by atoms with van der Waals surface area (Å²) in [5.41, 5.74) is 3.07. The molecule has 28 heavy (non-hydrogen) atoms. The Kier molecular flexibility index (Phi) is 4.66. The van der Waals surface area contributed by atoms with Gasteiger partial charge in [-0.15, -0.1) is 11.3 Å². The summed E-state index contributed by atoms with van der Waals surface area (Å²) in [4.78, 5) is 15.0. The fraction of sp³-hybridized carbons (Fsp3) is 0.158. The van der Waals surface area contributed by atoms with E-state index in [4.69, 9.17) is 9.57 Å². The summed E-state index contributed by atoms with van der Waals surface area (Å²) >= 11 is 1.54. The smallest absolute Gasteiger partial charge is 0.216 e. The first-order valence-corrected chi connectivity index (χ1v) is 11.1. The van der Waals surface area contributed by atoms with Gasteiger partial charge in [0.05, 0.1) is 11.1 Å². The zero-order chi connectivity index (χ0) is 19.8. The van der Waals surface area contributed by atoms with Gasteiger partial charge in [-0.1, -0.05) is 30.3 Å². The fourth-order valence-corrected chi connectivity index (χ4v) is 4.16. The van der Waals surface area contributed by atoms with E-state index < -0.39 is 15.4 Å². The number of hydroxylamine groups is 1. The summed E-state index contributed by atoms with van der Waals surface area (Å²) in [7, 11) is -3.35. The number of pyridine rings is 1. The Labute approximate surface area is 166 Å². The molecule has 1 aromatic carbocycles. The molecule has 0 radical (unpaired) electrons. The summed E-state index contributed by atoms with van der Waals surface area (Å²) in [6.45, 7) is 1.91. The molecule has 9 heteroatoms. The monoisotopic (exact) mass is 415 g/mol. The number of benzene rings is 1. The maximum absolute atomic E-state index is 11.5. The molecule has 2 aromatic heterocycles. The molecule has 0 saturated carbocycles. The highest BCUT2D eigenvalue weighted by Gasteiger charge is 2.35. The van der Waals surface area contributed by atoms with Crippen molar-refractivity contribution in [2.45, 2.75) is 17.6 Å². The van der Waals surface area contributed by atoms with Crippen LogP contribution in [0.25, 0.3) is 10.6 Å². The second-order valence-electron chi connectivity index (χ2n) is 6.42. The lowest BCUT2D eigenvalue weighted by Crippen LogP contribution is -2.22. The van der Waals surface area contributed by atoms with Crippen LogP contribution in [-0.2, 0) is 20.3 Å². The molecule has 0 unspecified atom stereocenters. The van der Waals surface area contributed by atoms with Crippen LogP contribution in [0.4, 0.5) is 0 Å². The maximum Gasteiger partial charge on any atom is 0.216 e. The van der Waals surface area contributed by atoms with Crippen LogP contribution in [0.15, 0.2) is 71.8 Å². The molecule has 0 bridgehead atoms. The molecule has 0 spiro atoms. The highest BCUT2D eigenvalue weighted by Crippen LogP contribution is 2.37. The van der Waals surface area contributed by atoms with E-state index in [1.165, 1.54) is 23.6 Å². The Hall–Kier alpha value is -2.75. The van der Waals surface area contributed by atoms with Crippen molar-refractivity contribution >= 4 is 21.2 Å². The topological polar surface area (TPSA) is 90.4 Å². The van der Waals surface area contributed by atoms with Gasteiger partial charge in [0, 0.05) is 24.1 Å². The Bertz CT molecular complexity index is 1130. The van der Waals surface area contributed by atoms with Crippen molar-refractivity contribution in [2.75, 3.05) is 6.26 Å². The van der Waals surface area contributed by atoms with Crippen LogP contribution in [0.3, 0.4) is 0 Å². The molecule has 1 aliphatic rings. The number of hydrogen-bond donors (Lipinski definition) is 1. The Morgan fingerprint density at radius 2 is 1.89 bits per heavy atom. The van der Waals surface area contributed by atoms with E-state index in [1.807, 2.05) is 37.3 Å². The second kappa shape index (κ2) is 7.01. The fourth-order valence-electron chi connectivity index (χ4n) is 2.63. The lowest BCUT2D eigenvalue weighted by molar-refractivity contribution is -0.0381. The predicted molar refractivity (Wildman–Crippen MR) is 105 cm³/mol. The third-order valence-corrected chi connectivity index (χ3v) is 6.37. The van der Waals surface area contributed by atoms with Crippen molar-refractivity contribution < 1.29 is 18.0 Å². The van der Waals surface area contributed by atoms with Crippen LogP contribution in [-0.4, -0.2) is 24.6 Å². The Balaban J connectivity index is 1.52. The largest absolute Gasteiger partial charge is 0.438 e. The van der Waals surface area contributed by atoms with E-state index in [0.29, 0.717) is 11.6 Å². The molecule has 3 aromatic rings. The molecule has 0 fully saturated rings. The van der Waals surface area contributed by atoms with Gasteiger partial charge in [0.1, 0.15) is 10.8 Å².